The highest BCUT2D eigenvalue weighted by Crippen LogP contribution is 2.34. The van der Waals surface area contributed by atoms with Gasteiger partial charge in [-0.15, -0.1) is 0 Å². The predicted octanol–water partition coefficient (Wildman–Crippen LogP) is 3.76. The van der Waals surface area contributed by atoms with Gasteiger partial charge < -0.3 is 9.47 Å². The molecule has 0 amide bonds. The molecule has 1 aromatic heterocycles. The number of sulfone groups is 1. The second-order valence-corrected chi connectivity index (χ2v) is 8.86. The molecule has 4 rings (SSSR count). The molecule has 0 spiro atoms. The van der Waals surface area contributed by atoms with Crippen LogP contribution in [0.25, 0.3) is 0 Å². The van der Waals surface area contributed by atoms with Crippen molar-refractivity contribution in [1.29, 1.82) is 5.26 Å². The Labute approximate surface area is 178 Å². The minimum absolute atomic E-state index is 0.143. The Morgan fingerprint density at radius 2 is 1.90 bits per heavy atom. The first kappa shape index (κ1) is 20.4. The lowest BCUT2D eigenvalue weighted by molar-refractivity contribution is 0.298. The van der Waals surface area contributed by atoms with Crippen LogP contribution in [0.15, 0.2) is 87.9 Å². The number of para-hydroxylation sites is 1. The van der Waals surface area contributed by atoms with Crippen molar-refractivity contribution in [1.82, 2.24) is 10.3 Å². The Hall–Kier alpha value is -3.90. The van der Waals surface area contributed by atoms with Crippen LogP contribution < -0.4 is 9.47 Å². The van der Waals surface area contributed by atoms with Crippen molar-refractivity contribution in [2.24, 2.45) is 0 Å². The van der Waals surface area contributed by atoms with E-state index in [0.717, 1.165) is 6.26 Å². The normalized spacial score (nSPS) is 16.1. The van der Waals surface area contributed by atoms with Gasteiger partial charge in [-0.25, -0.2) is 13.0 Å². The van der Waals surface area contributed by atoms with Crippen LogP contribution in [0.4, 0.5) is 0 Å². The van der Waals surface area contributed by atoms with Crippen molar-refractivity contribution >= 4 is 9.84 Å². The van der Waals surface area contributed by atoms with E-state index in [-0.39, 0.29) is 10.8 Å². The largest absolute Gasteiger partial charge is 0.458 e. The first-order valence-electron chi connectivity index (χ1n) is 9.28. The van der Waals surface area contributed by atoms with Crippen LogP contribution in [0, 0.1) is 11.3 Å². The minimum atomic E-state index is -3.31. The molecule has 0 saturated carbocycles. The number of benzene rings is 2. The third kappa shape index (κ3) is 4.65. The number of hydrogen-bond donors (Lipinski definition) is 0. The summed E-state index contributed by atoms with van der Waals surface area (Å²) in [6.07, 6.45) is 6.72. The molecule has 156 valence electrons. The number of nitriles is 1. The fourth-order valence-corrected chi connectivity index (χ4v) is 3.68. The predicted molar refractivity (Wildman–Crippen MR) is 110 cm³/mol. The van der Waals surface area contributed by atoms with Gasteiger partial charge in [-0.05, 0) is 42.5 Å². The molecule has 0 fully saturated rings. The second-order valence-electron chi connectivity index (χ2n) is 6.85. The van der Waals surface area contributed by atoms with Gasteiger partial charge >= 0.3 is 0 Å². The topological polar surface area (TPSA) is 115 Å². The molecule has 0 aliphatic heterocycles. The molecule has 1 unspecified atom stereocenters. The van der Waals surface area contributed by atoms with E-state index in [1.165, 1.54) is 18.3 Å². The Bertz CT molecular complexity index is 1290. The quantitative estimate of drug-likeness (QED) is 0.575. The van der Waals surface area contributed by atoms with Crippen molar-refractivity contribution < 1.29 is 22.5 Å². The molecule has 31 heavy (non-hydrogen) atoms. The molecule has 8 nitrogen and oxygen atoms in total. The summed E-state index contributed by atoms with van der Waals surface area (Å²) in [5.41, 5.74) is 1.03. The molecule has 0 bridgehead atoms. The number of ether oxygens (including phenoxy) is 2. The summed E-state index contributed by atoms with van der Waals surface area (Å²) in [5, 5.41) is 16.9. The maximum atomic E-state index is 11.7. The maximum Gasteiger partial charge on any atom is 0.175 e. The first-order valence-corrected chi connectivity index (χ1v) is 11.2. The van der Waals surface area contributed by atoms with Gasteiger partial charge in [0.1, 0.15) is 29.0 Å². The fourth-order valence-electron chi connectivity index (χ4n) is 3.05. The summed E-state index contributed by atoms with van der Waals surface area (Å²) < 4.78 is 40.2. The molecule has 1 aliphatic carbocycles. The highest BCUT2D eigenvalue weighted by Gasteiger charge is 2.24. The Morgan fingerprint density at radius 3 is 2.58 bits per heavy atom. The van der Waals surface area contributed by atoms with Crippen molar-refractivity contribution in [2.75, 3.05) is 6.26 Å². The third-order valence-electron chi connectivity index (χ3n) is 4.64. The molecular weight excluding hydrogens is 418 g/mol. The van der Waals surface area contributed by atoms with Gasteiger partial charge in [0.05, 0.1) is 16.7 Å². The summed E-state index contributed by atoms with van der Waals surface area (Å²) in [6.45, 7) is 0. The van der Waals surface area contributed by atoms with Crippen LogP contribution in [-0.4, -0.2) is 25.0 Å². The van der Waals surface area contributed by atoms with Gasteiger partial charge in [0, 0.05) is 18.6 Å². The highest BCUT2D eigenvalue weighted by molar-refractivity contribution is 7.90. The van der Waals surface area contributed by atoms with Gasteiger partial charge in [0.2, 0.25) is 0 Å². The van der Waals surface area contributed by atoms with Gasteiger partial charge in [-0.3, -0.25) is 0 Å². The average molecular weight is 435 g/mol. The Morgan fingerprint density at radius 1 is 1.13 bits per heavy atom. The molecule has 9 heteroatoms. The van der Waals surface area contributed by atoms with Gasteiger partial charge in [-0.2, -0.15) is 5.26 Å². The molecule has 0 radical (unpaired) electrons. The van der Waals surface area contributed by atoms with Gasteiger partial charge in [0.25, 0.3) is 0 Å². The minimum Gasteiger partial charge on any atom is -0.458 e. The van der Waals surface area contributed by atoms with E-state index in [1.54, 1.807) is 42.5 Å². The van der Waals surface area contributed by atoms with E-state index < -0.39 is 9.84 Å². The smallest absolute Gasteiger partial charge is 0.175 e. The molecular formula is C22H17N3O5S. The summed E-state index contributed by atoms with van der Waals surface area (Å²) >= 11 is 0. The van der Waals surface area contributed by atoms with Crippen LogP contribution in [-0.2, 0) is 9.84 Å². The third-order valence-corrected chi connectivity index (χ3v) is 5.77. The Kier molecular flexibility index (Phi) is 5.56. The zero-order valence-corrected chi connectivity index (χ0v) is 17.2. The van der Waals surface area contributed by atoms with E-state index in [2.05, 4.69) is 16.4 Å². The van der Waals surface area contributed by atoms with Crippen LogP contribution in [0.1, 0.15) is 23.6 Å². The summed E-state index contributed by atoms with van der Waals surface area (Å²) in [7, 11) is -3.31. The molecule has 3 aromatic rings. The SMILES string of the molecule is CS(=O)(=O)c1ccc(OC2=C(Oc3ccccc3C#N)C=CC(c3cnon3)C2)cc1. The number of allylic oxidation sites excluding steroid dienone is 3. The summed E-state index contributed by atoms with van der Waals surface area (Å²) in [4.78, 5) is 0.198. The van der Waals surface area contributed by atoms with Crippen LogP contribution in [0.3, 0.4) is 0 Å². The monoisotopic (exact) mass is 435 g/mol. The zero-order chi connectivity index (χ0) is 21.8. The van der Waals surface area contributed by atoms with Crippen LogP contribution >= 0.6 is 0 Å². The summed E-state index contributed by atoms with van der Waals surface area (Å²) in [5.74, 6) is 1.64. The van der Waals surface area contributed by atoms with Gasteiger partial charge in [-0.1, -0.05) is 28.5 Å². The maximum absolute atomic E-state index is 11.7. The molecule has 1 heterocycles. The molecule has 0 N–H and O–H groups in total. The number of rotatable bonds is 6. The average Bonchev–Trinajstić information content (AvgIpc) is 3.30. The van der Waals surface area contributed by atoms with E-state index >= 15 is 0 Å². The second kappa shape index (κ2) is 8.45. The number of hydrogen-bond acceptors (Lipinski definition) is 8. The van der Waals surface area contributed by atoms with E-state index in [4.69, 9.17) is 14.1 Å². The first-order chi connectivity index (χ1) is 14.9. The lowest BCUT2D eigenvalue weighted by Crippen LogP contribution is -2.13. The van der Waals surface area contributed by atoms with Crippen molar-refractivity contribution in [2.45, 2.75) is 17.2 Å². The van der Waals surface area contributed by atoms with Gasteiger partial charge in [0.15, 0.2) is 15.6 Å². The van der Waals surface area contributed by atoms with E-state index in [1.807, 2.05) is 6.08 Å². The number of aromatic nitrogens is 2. The van der Waals surface area contributed by atoms with Crippen LogP contribution in [0.2, 0.25) is 0 Å². The Balaban J connectivity index is 1.66. The standard InChI is InChI=1S/C22H17N3O5S/c1-31(26,27)18-9-7-17(8-10-18)28-22-12-15(19-14-24-30-25-19)6-11-21(22)29-20-5-3-2-4-16(20)13-23/h2-11,14-15H,12H2,1H3. The van der Waals surface area contributed by atoms with Crippen LogP contribution in [0.5, 0.6) is 11.5 Å². The van der Waals surface area contributed by atoms with Crippen molar-refractivity contribution in [3.8, 4) is 17.6 Å². The van der Waals surface area contributed by atoms with E-state index in [0.29, 0.717) is 40.7 Å². The zero-order valence-electron chi connectivity index (χ0n) is 16.4. The van der Waals surface area contributed by atoms with Crippen molar-refractivity contribution in [3.63, 3.8) is 0 Å². The van der Waals surface area contributed by atoms with E-state index in [9.17, 15) is 13.7 Å². The molecule has 1 atom stereocenters. The lowest BCUT2D eigenvalue weighted by Gasteiger charge is -2.21. The molecule has 0 saturated heterocycles. The fraction of sp³-hybridized carbons (Fsp3) is 0.136. The molecule has 1 aliphatic rings. The van der Waals surface area contributed by atoms with Crippen molar-refractivity contribution in [3.05, 3.63) is 89.7 Å². The lowest BCUT2D eigenvalue weighted by atomic mass is 9.95. The highest BCUT2D eigenvalue weighted by atomic mass is 32.2. The number of nitrogens with zero attached hydrogens (tertiary/aromatic N) is 3. The summed E-state index contributed by atoms with van der Waals surface area (Å²) in [6, 6.07) is 15.1. The molecule has 2 aromatic carbocycles.